The van der Waals surface area contributed by atoms with E-state index < -0.39 is 5.67 Å². The first-order valence-corrected chi connectivity index (χ1v) is 8.36. The topological polar surface area (TPSA) is 24.5 Å². The standard InChI is InChI=1S/C17H33FN2O/c1-15(2,3)17(18)6-9-20(10-7-17)13-16(4,5)14-12-21-11-8-19-14/h14,19H,6-13H2,1-5H3/t14-/m1/s1. The largest absolute Gasteiger partial charge is 0.378 e. The lowest BCUT2D eigenvalue weighted by Crippen LogP contribution is -2.56. The Kier molecular flexibility index (Phi) is 5.01. The minimum Gasteiger partial charge on any atom is -0.378 e. The van der Waals surface area contributed by atoms with Crippen molar-refractivity contribution >= 4 is 0 Å². The summed E-state index contributed by atoms with van der Waals surface area (Å²) in [7, 11) is 0. The van der Waals surface area contributed by atoms with Gasteiger partial charge in [0.25, 0.3) is 0 Å². The van der Waals surface area contributed by atoms with Crippen LogP contribution in [0.2, 0.25) is 0 Å². The van der Waals surface area contributed by atoms with Crippen molar-refractivity contribution in [2.75, 3.05) is 39.4 Å². The van der Waals surface area contributed by atoms with E-state index in [4.69, 9.17) is 4.74 Å². The van der Waals surface area contributed by atoms with Gasteiger partial charge in [-0.25, -0.2) is 4.39 Å². The van der Waals surface area contributed by atoms with Crippen LogP contribution >= 0.6 is 0 Å². The minimum absolute atomic E-state index is 0.151. The molecule has 0 saturated carbocycles. The van der Waals surface area contributed by atoms with E-state index in [0.717, 1.165) is 39.4 Å². The predicted octanol–water partition coefficient (Wildman–Crippen LogP) is 2.85. The molecule has 2 fully saturated rings. The van der Waals surface area contributed by atoms with Crippen LogP contribution in [0.1, 0.15) is 47.5 Å². The van der Waals surface area contributed by atoms with Crippen molar-refractivity contribution in [3.63, 3.8) is 0 Å². The fourth-order valence-electron chi connectivity index (χ4n) is 3.57. The highest BCUT2D eigenvalue weighted by atomic mass is 19.1. The number of morpholine rings is 1. The number of ether oxygens (including phenoxy) is 1. The van der Waals surface area contributed by atoms with Gasteiger partial charge in [0.15, 0.2) is 0 Å². The summed E-state index contributed by atoms with van der Waals surface area (Å²) in [6, 6.07) is 0.394. The maximum Gasteiger partial charge on any atom is 0.118 e. The van der Waals surface area contributed by atoms with Gasteiger partial charge in [0.05, 0.1) is 13.2 Å². The van der Waals surface area contributed by atoms with Gasteiger partial charge in [-0.1, -0.05) is 34.6 Å². The Morgan fingerprint density at radius 1 is 1.19 bits per heavy atom. The zero-order chi connectivity index (χ0) is 15.7. The molecule has 2 aliphatic rings. The normalized spacial score (nSPS) is 28.6. The van der Waals surface area contributed by atoms with Crippen molar-refractivity contribution in [2.24, 2.45) is 10.8 Å². The highest BCUT2D eigenvalue weighted by Crippen LogP contribution is 2.42. The van der Waals surface area contributed by atoms with Crippen molar-refractivity contribution in [3.05, 3.63) is 0 Å². The van der Waals surface area contributed by atoms with Crippen molar-refractivity contribution in [3.8, 4) is 0 Å². The molecule has 2 aliphatic heterocycles. The smallest absolute Gasteiger partial charge is 0.118 e. The second-order valence-corrected chi connectivity index (χ2v) is 8.56. The van der Waals surface area contributed by atoms with E-state index in [1.165, 1.54) is 0 Å². The summed E-state index contributed by atoms with van der Waals surface area (Å²) in [6.07, 6.45) is 1.31. The van der Waals surface area contributed by atoms with Gasteiger partial charge in [-0.2, -0.15) is 0 Å². The zero-order valence-corrected chi connectivity index (χ0v) is 14.5. The Labute approximate surface area is 129 Å². The van der Waals surface area contributed by atoms with Crippen LogP contribution in [-0.4, -0.2) is 56.0 Å². The van der Waals surface area contributed by atoms with E-state index >= 15 is 0 Å². The van der Waals surface area contributed by atoms with Gasteiger partial charge in [0, 0.05) is 32.2 Å². The summed E-state index contributed by atoms with van der Waals surface area (Å²) in [5, 5.41) is 3.56. The lowest BCUT2D eigenvalue weighted by molar-refractivity contribution is -0.0433. The number of hydrogen-bond donors (Lipinski definition) is 1. The molecule has 2 saturated heterocycles. The summed E-state index contributed by atoms with van der Waals surface area (Å²) in [4.78, 5) is 2.43. The number of likely N-dealkylation sites (tertiary alicyclic amines) is 1. The van der Waals surface area contributed by atoms with Gasteiger partial charge in [-0.3, -0.25) is 0 Å². The second-order valence-electron chi connectivity index (χ2n) is 8.56. The molecule has 0 aromatic carbocycles. The number of piperidine rings is 1. The second kappa shape index (κ2) is 6.13. The molecule has 0 unspecified atom stereocenters. The SMILES string of the molecule is CC(C)(CN1CCC(F)(C(C)(C)C)CC1)[C@H]1COCCN1. The third kappa shape index (κ3) is 3.96. The molecule has 2 heterocycles. The van der Waals surface area contributed by atoms with Crippen molar-refractivity contribution in [1.82, 2.24) is 10.2 Å². The number of nitrogens with one attached hydrogen (secondary N) is 1. The Hall–Kier alpha value is -0.190. The molecule has 1 N–H and O–H groups in total. The quantitative estimate of drug-likeness (QED) is 0.867. The molecule has 3 nitrogen and oxygen atoms in total. The fraction of sp³-hybridized carbons (Fsp3) is 1.00. The number of hydrogen-bond acceptors (Lipinski definition) is 3. The molecule has 0 bridgehead atoms. The van der Waals surface area contributed by atoms with Gasteiger partial charge < -0.3 is 15.0 Å². The summed E-state index contributed by atoms with van der Waals surface area (Å²) in [6.45, 7) is 15.9. The molecule has 21 heavy (non-hydrogen) atoms. The number of halogens is 1. The fourth-order valence-corrected chi connectivity index (χ4v) is 3.57. The number of nitrogens with zero attached hydrogens (tertiary/aromatic N) is 1. The molecule has 0 aliphatic carbocycles. The Morgan fingerprint density at radius 3 is 2.29 bits per heavy atom. The van der Waals surface area contributed by atoms with Crippen LogP contribution in [0.15, 0.2) is 0 Å². The first-order chi connectivity index (χ1) is 9.64. The molecule has 2 rings (SSSR count). The van der Waals surface area contributed by atoms with E-state index in [-0.39, 0.29) is 10.8 Å². The number of alkyl halides is 1. The van der Waals surface area contributed by atoms with Gasteiger partial charge in [0.1, 0.15) is 5.67 Å². The van der Waals surface area contributed by atoms with Gasteiger partial charge in [-0.15, -0.1) is 0 Å². The van der Waals surface area contributed by atoms with E-state index in [1.54, 1.807) is 0 Å². The molecule has 124 valence electrons. The van der Waals surface area contributed by atoms with Gasteiger partial charge in [-0.05, 0) is 23.7 Å². The summed E-state index contributed by atoms with van der Waals surface area (Å²) in [5.74, 6) is 0. The zero-order valence-electron chi connectivity index (χ0n) is 14.5. The molecule has 0 radical (unpaired) electrons. The van der Waals surface area contributed by atoms with Crippen LogP contribution in [0.25, 0.3) is 0 Å². The summed E-state index contributed by atoms with van der Waals surface area (Å²) >= 11 is 0. The lowest BCUT2D eigenvalue weighted by Gasteiger charge is -2.47. The van der Waals surface area contributed by atoms with Crippen molar-refractivity contribution in [2.45, 2.75) is 59.2 Å². The molecule has 0 aromatic heterocycles. The van der Waals surface area contributed by atoms with E-state index in [2.05, 4.69) is 24.1 Å². The monoisotopic (exact) mass is 300 g/mol. The maximum absolute atomic E-state index is 15.0. The van der Waals surface area contributed by atoms with Crippen LogP contribution in [0.3, 0.4) is 0 Å². The third-order valence-electron chi connectivity index (χ3n) is 5.49. The molecule has 0 aromatic rings. The van der Waals surface area contributed by atoms with Crippen LogP contribution in [0, 0.1) is 10.8 Å². The molecular formula is C17H33FN2O. The highest BCUT2D eigenvalue weighted by Gasteiger charge is 2.45. The Bertz CT molecular complexity index is 337. The first-order valence-electron chi connectivity index (χ1n) is 8.36. The first kappa shape index (κ1) is 17.2. The summed E-state index contributed by atoms with van der Waals surface area (Å²) < 4.78 is 20.6. The van der Waals surface area contributed by atoms with E-state index in [9.17, 15) is 4.39 Å². The highest BCUT2D eigenvalue weighted by molar-refractivity contribution is 4.97. The van der Waals surface area contributed by atoms with Crippen molar-refractivity contribution < 1.29 is 9.13 Å². The average molecular weight is 300 g/mol. The molecule has 0 amide bonds. The van der Waals surface area contributed by atoms with Gasteiger partial charge in [0.2, 0.25) is 0 Å². The van der Waals surface area contributed by atoms with Crippen LogP contribution in [0.4, 0.5) is 4.39 Å². The molecule has 4 heteroatoms. The Balaban J connectivity index is 1.88. The Morgan fingerprint density at radius 2 is 1.81 bits per heavy atom. The van der Waals surface area contributed by atoms with Gasteiger partial charge >= 0.3 is 0 Å². The average Bonchev–Trinajstić information content (AvgIpc) is 2.41. The summed E-state index contributed by atoms with van der Waals surface area (Å²) in [5.41, 5.74) is -1.12. The molecule has 1 atom stereocenters. The van der Waals surface area contributed by atoms with Crippen LogP contribution < -0.4 is 5.32 Å². The van der Waals surface area contributed by atoms with Crippen molar-refractivity contribution in [1.29, 1.82) is 0 Å². The van der Waals surface area contributed by atoms with E-state index in [0.29, 0.717) is 18.9 Å². The van der Waals surface area contributed by atoms with E-state index in [1.807, 2.05) is 20.8 Å². The predicted molar refractivity (Wildman–Crippen MR) is 85.4 cm³/mol. The van der Waals surface area contributed by atoms with Crippen LogP contribution in [-0.2, 0) is 4.74 Å². The molecular weight excluding hydrogens is 267 g/mol. The third-order valence-corrected chi connectivity index (χ3v) is 5.49. The minimum atomic E-state index is -1.01. The maximum atomic E-state index is 15.0. The van der Waals surface area contributed by atoms with Crippen LogP contribution in [0.5, 0.6) is 0 Å². The lowest BCUT2D eigenvalue weighted by atomic mass is 9.72. The molecule has 0 spiro atoms. The number of rotatable bonds is 3.